The van der Waals surface area contributed by atoms with Crippen LogP contribution in [-0.2, 0) is 0 Å². The molecule has 0 atom stereocenters. The molecular formula is C58H38N2. The topological polar surface area (TPSA) is 9.86 Å². The zero-order valence-electron chi connectivity index (χ0n) is 32.8. The molecule has 12 aromatic rings. The van der Waals surface area contributed by atoms with E-state index in [4.69, 9.17) is 0 Å². The molecule has 0 saturated heterocycles. The first-order valence-electron chi connectivity index (χ1n) is 20.7. The summed E-state index contributed by atoms with van der Waals surface area (Å²) in [5, 5.41) is 7.49. The second-order valence-corrected chi connectivity index (χ2v) is 15.7. The number of fused-ring (bicyclic) bond motifs is 7. The van der Waals surface area contributed by atoms with Gasteiger partial charge in [-0.2, -0.15) is 0 Å². The van der Waals surface area contributed by atoms with E-state index in [1.54, 1.807) is 0 Å². The van der Waals surface area contributed by atoms with Crippen molar-refractivity contribution in [3.8, 4) is 55.9 Å². The minimum absolute atomic E-state index is 1.15. The van der Waals surface area contributed by atoms with Crippen molar-refractivity contribution >= 4 is 54.4 Å². The second kappa shape index (κ2) is 13.9. The Balaban J connectivity index is 1.01. The van der Waals surface area contributed by atoms with E-state index in [1.807, 2.05) is 0 Å². The number of hydrogen-bond acceptors (Lipinski definition) is 0. The van der Waals surface area contributed by atoms with E-state index in [1.165, 1.54) is 98.9 Å². The molecule has 0 fully saturated rings. The van der Waals surface area contributed by atoms with Gasteiger partial charge < -0.3 is 9.13 Å². The van der Waals surface area contributed by atoms with Crippen molar-refractivity contribution in [1.29, 1.82) is 0 Å². The fourth-order valence-electron chi connectivity index (χ4n) is 9.42. The van der Waals surface area contributed by atoms with Crippen LogP contribution < -0.4 is 0 Å². The SMILES string of the molecule is c1ccc(-c2ccc(-n3c4ccccc4c4ccc(-c5ccc6c7ccccc7n(-c7ccccc7-c7cccc(-c8ccc9ccccc9c8)c7)c6c5)cc43)cc2)cc1. The maximum absolute atomic E-state index is 2.47. The van der Waals surface area contributed by atoms with Crippen molar-refractivity contribution in [3.05, 3.63) is 231 Å². The molecule has 0 aliphatic rings. The van der Waals surface area contributed by atoms with E-state index in [-0.39, 0.29) is 0 Å². The van der Waals surface area contributed by atoms with Crippen LogP contribution in [0.3, 0.4) is 0 Å². The molecule has 0 aliphatic carbocycles. The maximum atomic E-state index is 2.47. The molecule has 0 amide bonds. The van der Waals surface area contributed by atoms with E-state index in [0.29, 0.717) is 0 Å². The van der Waals surface area contributed by atoms with E-state index in [2.05, 4.69) is 240 Å². The normalized spacial score (nSPS) is 11.7. The Morgan fingerprint density at radius 3 is 1.47 bits per heavy atom. The summed E-state index contributed by atoms with van der Waals surface area (Å²) in [5.41, 5.74) is 16.7. The molecule has 0 unspecified atom stereocenters. The highest BCUT2D eigenvalue weighted by Crippen LogP contribution is 2.40. The smallest absolute Gasteiger partial charge is 0.0547 e. The highest BCUT2D eigenvalue weighted by atomic mass is 15.0. The van der Waals surface area contributed by atoms with Crippen LogP contribution in [0.5, 0.6) is 0 Å². The number of aromatic nitrogens is 2. The Labute approximate surface area is 348 Å². The fraction of sp³-hybridized carbons (Fsp3) is 0. The zero-order chi connectivity index (χ0) is 39.6. The van der Waals surface area contributed by atoms with Crippen LogP contribution in [0, 0.1) is 0 Å². The molecule has 0 aliphatic heterocycles. The molecule has 0 spiro atoms. The first kappa shape index (κ1) is 34.1. The first-order valence-corrected chi connectivity index (χ1v) is 20.7. The Bertz CT molecular complexity index is 3590. The van der Waals surface area contributed by atoms with Crippen LogP contribution in [-0.4, -0.2) is 9.13 Å². The van der Waals surface area contributed by atoms with Crippen molar-refractivity contribution in [2.45, 2.75) is 0 Å². The van der Waals surface area contributed by atoms with Gasteiger partial charge in [0, 0.05) is 32.8 Å². The lowest BCUT2D eigenvalue weighted by molar-refractivity contribution is 1.18. The molecule has 12 rings (SSSR count). The molecule has 10 aromatic carbocycles. The van der Waals surface area contributed by atoms with Gasteiger partial charge in [-0.25, -0.2) is 0 Å². The van der Waals surface area contributed by atoms with Crippen LogP contribution in [0.15, 0.2) is 231 Å². The number of rotatable bonds is 6. The summed E-state index contributed by atoms with van der Waals surface area (Å²) in [5.74, 6) is 0. The summed E-state index contributed by atoms with van der Waals surface area (Å²) in [4.78, 5) is 0. The van der Waals surface area contributed by atoms with Gasteiger partial charge in [-0.05, 0) is 104 Å². The minimum atomic E-state index is 1.15. The highest BCUT2D eigenvalue weighted by molar-refractivity contribution is 6.12. The van der Waals surface area contributed by atoms with Crippen LogP contribution in [0.1, 0.15) is 0 Å². The molecule has 280 valence electrons. The van der Waals surface area contributed by atoms with Crippen LogP contribution in [0.25, 0.3) is 110 Å². The molecule has 0 radical (unpaired) electrons. The Hall–Kier alpha value is -7.94. The molecule has 60 heavy (non-hydrogen) atoms. The van der Waals surface area contributed by atoms with Gasteiger partial charge in [0.2, 0.25) is 0 Å². The second-order valence-electron chi connectivity index (χ2n) is 15.7. The first-order chi connectivity index (χ1) is 29.7. The molecule has 0 saturated carbocycles. The monoisotopic (exact) mass is 762 g/mol. The summed E-state index contributed by atoms with van der Waals surface area (Å²) in [6.45, 7) is 0. The average molecular weight is 763 g/mol. The van der Waals surface area contributed by atoms with Gasteiger partial charge in [0.05, 0.1) is 27.8 Å². The van der Waals surface area contributed by atoms with Crippen LogP contribution in [0.2, 0.25) is 0 Å². The van der Waals surface area contributed by atoms with E-state index < -0.39 is 0 Å². The number of nitrogens with zero attached hydrogens (tertiary/aromatic N) is 2. The lowest BCUT2D eigenvalue weighted by atomic mass is 9.96. The minimum Gasteiger partial charge on any atom is -0.309 e. The predicted octanol–water partition coefficient (Wildman–Crippen LogP) is 15.7. The maximum Gasteiger partial charge on any atom is 0.0547 e. The van der Waals surface area contributed by atoms with Crippen molar-refractivity contribution in [3.63, 3.8) is 0 Å². The molecule has 2 heterocycles. The van der Waals surface area contributed by atoms with Gasteiger partial charge in [-0.15, -0.1) is 0 Å². The van der Waals surface area contributed by atoms with Crippen molar-refractivity contribution < 1.29 is 0 Å². The number of para-hydroxylation sites is 3. The highest BCUT2D eigenvalue weighted by Gasteiger charge is 2.18. The third-order valence-corrected chi connectivity index (χ3v) is 12.3. The third kappa shape index (κ3) is 5.57. The molecular weight excluding hydrogens is 725 g/mol. The van der Waals surface area contributed by atoms with E-state index in [0.717, 1.165) is 11.4 Å². The standard InChI is InChI=1S/C58H38N2/c1-2-13-39(14-3-1)41-27-31-48(32-28-41)59-55-23-10-7-20-50(55)52-33-29-45(37-57(52)59)46-30-34-53-51-21-8-11-24-56(51)60(58(53)38-46)54-22-9-6-19-49(54)47-18-12-17-43(36-47)44-26-25-40-15-4-5-16-42(40)35-44/h1-38H. The van der Waals surface area contributed by atoms with Gasteiger partial charge in [-0.3, -0.25) is 0 Å². The van der Waals surface area contributed by atoms with Gasteiger partial charge in [0.15, 0.2) is 0 Å². The summed E-state index contributed by atoms with van der Waals surface area (Å²) >= 11 is 0. The summed E-state index contributed by atoms with van der Waals surface area (Å²) in [6.07, 6.45) is 0. The third-order valence-electron chi connectivity index (χ3n) is 12.3. The molecule has 2 nitrogen and oxygen atoms in total. The summed E-state index contributed by atoms with van der Waals surface area (Å²) in [6, 6.07) is 84.3. The van der Waals surface area contributed by atoms with Gasteiger partial charge >= 0.3 is 0 Å². The quantitative estimate of drug-likeness (QED) is 0.160. The van der Waals surface area contributed by atoms with Crippen molar-refractivity contribution in [2.24, 2.45) is 0 Å². The summed E-state index contributed by atoms with van der Waals surface area (Å²) < 4.78 is 4.89. The Kier molecular flexibility index (Phi) is 7.89. The lowest BCUT2D eigenvalue weighted by Gasteiger charge is -2.15. The van der Waals surface area contributed by atoms with Crippen LogP contribution in [0.4, 0.5) is 0 Å². The predicted molar refractivity (Wildman–Crippen MR) is 254 cm³/mol. The average Bonchev–Trinajstić information content (AvgIpc) is 3.84. The van der Waals surface area contributed by atoms with E-state index in [9.17, 15) is 0 Å². The molecule has 0 N–H and O–H groups in total. The van der Waals surface area contributed by atoms with Gasteiger partial charge in [-0.1, -0.05) is 176 Å². The fourth-order valence-corrected chi connectivity index (χ4v) is 9.42. The van der Waals surface area contributed by atoms with E-state index >= 15 is 0 Å². The molecule has 2 aromatic heterocycles. The van der Waals surface area contributed by atoms with Crippen molar-refractivity contribution in [2.75, 3.05) is 0 Å². The molecule has 2 heteroatoms. The zero-order valence-corrected chi connectivity index (χ0v) is 32.8. The summed E-state index contributed by atoms with van der Waals surface area (Å²) in [7, 11) is 0. The largest absolute Gasteiger partial charge is 0.309 e. The number of benzene rings is 10. The lowest BCUT2D eigenvalue weighted by Crippen LogP contribution is -1.97. The van der Waals surface area contributed by atoms with Crippen LogP contribution >= 0.6 is 0 Å². The molecule has 0 bridgehead atoms. The Morgan fingerprint density at radius 2 is 0.717 bits per heavy atom. The number of hydrogen-bond donors (Lipinski definition) is 0. The van der Waals surface area contributed by atoms with Gasteiger partial charge in [0.25, 0.3) is 0 Å². The Morgan fingerprint density at radius 1 is 0.233 bits per heavy atom. The van der Waals surface area contributed by atoms with Gasteiger partial charge in [0.1, 0.15) is 0 Å². The van der Waals surface area contributed by atoms with Crippen molar-refractivity contribution in [1.82, 2.24) is 9.13 Å².